The van der Waals surface area contributed by atoms with Gasteiger partial charge in [-0.3, -0.25) is 0 Å². The largest absolute Gasteiger partial charge is 0.454 e. The van der Waals surface area contributed by atoms with Gasteiger partial charge in [0.05, 0.1) is 5.69 Å². The van der Waals surface area contributed by atoms with Crippen LogP contribution in [0, 0.1) is 6.85 Å². The lowest BCUT2D eigenvalue weighted by Gasteiger charge is -2.48. The number of benzene rings is 8. The van der Waals surface area contributed by atoms with Crippen LogP contribution in [0.1, 0.15) is 139 Å². The molecule has 0 bridgehead atoms. The highest BCUT2D eigenvalue weighted by Crippen LogP contribution is 2.54. The van der Waals surface area contributed by atoms with Crippen LogP contribution in [0.15, 0.2) is 162 Å². The highest BCUT2D eigenvalue weighted by Gasteiger charge is 2.48. The molecule has 8 aromatic carbocycles. The zero-order chi connectivity index (χ0) is 53.9. The van der Waals surface area contributed by atoms with Crippen LogP contribution in [0.5, 0.6) is 0 Å². The molecule has 2 aliphatic heterocycles. The van der Waals surface area contributed by atoms with E-state index in [0.29, 0.717) is 5.56 Å². The van der Waals surface area contributed by atoms with Crippen molar-refractivity contribution in [1.82, 2.24) is 0 Å². The van der Waals surface area contributed by atoms with Crippen molar-refractivity contribution in [2.75, 3.05) is 14.7 Å². The number of hydrogen-bond acceptors (Lipinski definition) is 4. The Kier molecular flexibility index (Phi) is 9.40. The van der Waals surface area contributed by atoms with E-state index < -0.39 is 6.85 Å². The summed E-state index contributed by atoms with van der Waals surface area (Å²) >= 11 is 0. The maximum absolute atomic E-state index is 9.36. The van der Waals surface area contributed by atoms with Gasteiger partial charge < -0.3 is 19.1 Å². The molecular weight excluding hydrogens is 898 g/mol. The van der Waals surface area contributed by atoms with Crippen LogP contribution in [0.25, 0.3) is 21.9 Å². The molecule has 0 N–H and O–H groups in total. The van der Waals surface area contributed by atoms with Gasteiger partial charge in [0.1, 0.15) is 5.58 Å². The van der Waals surface area contributed by atoms with E-state index in [4.69, 9.17) is 4.42 Å². The molecule has 0 radical (unpaired) electrons. The van der Waals surface area contributed by atoms with E-state index in [2.05, 4.69) is 230 Å². The summed E-state index contributed by atoms with van der Waals surface area (Å²) in [6, 6.07) is 57.3. The third-order valence-electron chi connectivity index (χ3n) is 18.0. The van der Waals surface area contributed by atoms with E-state index in [1.165, 1.54) is 33.3 Å². The number of hydrogen-bond donors (Lipinski definition) is 0. The van der Waals surface area contributed by atoms with Crippen molar-refractivity contribution in [1.29, 1.82) is 0 Å². The quantitative estimate of drug-likeness (QED) is 0.160. The number of rotatable bonds is 5. The van der Waals surface area contributed by atoms with E-state index >= 15 is 0 Å². The Morgan fingerprint density at radius 1 is 0.500 bits per heavy atom. The minimum absolute atomic E-state index is 0.0213. The highest BCUT2D eigenvalue weighted by atomic mass is 16.3. The maximum Gasteiger partial charge on any atom is 0.252 e. The molecule has 9 aromatic rings. The second kappa shape index (κ2) is 16.0. The zero-order valence-electron chi connectivity index (χ0n) is 48.2. The monoisotopic (exact) mass is 971 g/mol. The molecule has 0 unspecified atom stereocenters. The van der Waals surface area contributed by atoms with Crippen LogP contribution in [0.4, 0.5) is 51.2 Å². The molecule has 0 spiro atoms. The van der Waals surface area contributed by atoms with Crippen molar-refractivity contribution in [2.45, 2.75) is 136 Å². The van der Waals surface area contributed by atoms with Crippen molar-refractivity contribution >= 4 is 96.2 Å². The van der Waals surface area contributed by atoms with Gasteiger partial charge >= 0.3 is 0 Å². The predicted molar refractivity (Wildman–Crippen MR) is 316 cm³/mol. The Hall–Kier alpha value is -6.98. The molecule has 74 heavy (non-hydrogen) atoms. The third kappa shape index (κ3) is 7.01. The molecule has 370 valence electrons. The number of furan rings is 1. The van der Waals surface area contributed by atoms with Crippen LogP contribution < -0.4 is 31.1 Å². The minimum atomic E-state index is -2.44. The van der Waals surface area contributed by atoms with Crippen molar-refractivity contribution in [3.05, 3.63) is 191 Å². The summed E-state index contributed by atoms with van der Waals surface area (Å²) in [7, 11) is 0. The van der Waals surface area contributed by atoms with E-state index in [1.807, 2.05) is 18.2 Å². The molecule has 13 rings (SSSR count). The lowest BCUT2D eigenvalue weighted by atomic mass is 9.33. The average molecular weight is 971 g/mol. The summed E-state index contributed by atoms with van der Waals surface area (Å²) in [6.45, 7) is 23.3. The van der Waals surface area contributed by atoms with Crippen molar-refractivity contribution < 1.29 is 8.53 Å². The summed E-state index contributed by atoms with van der Waals surface area (Å²) in [5.74, 6) is 0. The molecule has 5 heteroatoms. The summed E-state index contributed by atoms with van der Waals surface area (Å²) in [5, 5.41) is 2.13. The SMILES string of the molecule is [2H]C([2H])([2H])c1cc2c3c(c1)N(c1ccc(C(C)(C)C)c4c1oc1ccccc14)c1cc(N(c4ccccc4)c4ccccc4)ccc1B3c1cc3c(cc1N2c1ccc2c(c1)C(C)(C)CCC2(C)C)C(C)(C)CCC3(C)C. The predicted octanol–water partition coefficient (Wildman–Crippen LogP) is 17.4. The van der Waals surface area contributed by atoms with Gasteiger partial charge in [-0.2, -0.15) is 0 Å². The van der Waals surface area contributed by atoms with Crippen LogP contribution >= 0.6 is 0 Å². The molecule has 0 atom stereocenters. The second-order valence-corrected chi connectivity index (χ2v) is 25.7. The summed E-state index contributed by atoms with van der Waals surface area (Å²) in [5.41, 5.74) is 20.5. The molecule has 0 fully saturated rings. The molecule has 0 saturated carbocycles. The Balaban J connectivity index is 1.19. The smallest absolute Gasteiger partial charge is 0.252 e. The molecule has 0 amide bonds. The highest BCUT2D eigenvalue weighted by molar-refractivity contribution is 7.00. The average Bonchev–Trinajstić information content (AvgIpc) is 3.92. The van der Waals surface area contributed by atoms with Crippen LogP contribution in [-0.2, 0) is 27.1 Å². The molecule has 3 heterocycles. The first kappa shape index (κ1) is 43.4. The molecule has 2 aliphatic carbocycles. The van der Waals surface area contributed by atoms with Gasteiger partial charge in [-0.15, -0.1) is 0 Å². The number of nitrogens with zero attached hydrogens (tertiary/aromatic N) is 3. The Morgan fingerprint density at radius 3 is 1.70 bits per heavy atom. The van der Waals surface area contributed by atoms with Crippen LogP contribution in [0.2, 0.25) is 0 Å². The molecule has 1 aromatic heterocycles. The molecule has 4 nitrogen and oxygen atoms in total. The fourth-order valence-electron chi connectivity index (χ4n) is 13.7. The van der Waals surface area contributed by atoms with Gasteiger partial charge in [0.15, 0.2) is 5.58 Å². The lowest BCUT2D eigenvalue weighted by Crippen LogP contribution is -2.62. The van der Waals surface area contributed by atoms with E-state index in [1.54, 1.807) is 0 Å². The Bertz CT molecular complexity index is 3840. The van der Waals surface area contributed by atoms with E-state index in [-0.39, 0.29) is 33.8 Å². The summed E-state index contributed by atoms with van der Waals surface area (Å²) in [4.78, 5) is 7.15. The number of aryl methyl sites for hydroxylation is 1. The standard InChI is InChI=1S/C69H70BN3O/c1-43-37-59-63-60(38-43)73(56-32-30-50(65(2,3)4)62-48-25-19-20-26-61(48)74-64(56)62)57-40-47(71(44-21-15-13-16-22-44)45-23-17-14-18-24-45)28-31-54(57)70(63)55-41-52-53(69(11,12)36-35-68(52,9)10)42-58(55)72(59)46-27-29-49-51(39-46)67(7,8)34-33-66(49,5)6/h13-32,37-42H,33-36H2,1-12H3/i1D3. The fourth-order valence-corrected chi connectivity index (χ4v) is 13.7. The third-order valence-corrected chi connectivity index (χ3v) is 18.0. The lowest BCUT2D eigenvalue weighted by molar-refractivity contribution is 0.332. The molecular formula is C69H70BN3O. The zero-order valence-corrected chi connectivity index (χ0v) is 45.2. The van der Waals surface area contributed by atoms with Gasteiger partial charge in [0.25, 0.3) is 6.71 Å². The van der Waals surface area contributed by atoms with E-state index in [9.17, 15) is 4.11 Å². The van der Waals surface area contributed by atoms with Gasteiger partial charge in [0.2, 0.25) is 0 Å². The van der Waals surface area contributed by atoms with Gasteiger partial charge in [-0.1, -0.05) is 155 Å². The van der Waals surface area contributed by atoms with Gasteiger partial charge in [-0.25, -0.2) is 0 Å². The Labute approximate surface area is 444 Å². The van der Waals surface area contributed by atoms with Crippen molar-refractivity contribution in [2.24, 2.45) is 0 Å². The molecule has 4 aliphatic rings. The van der Waals surface area contributed by atoms with E-state index in [0.717, 1.165) is 110 Å². The normalized spacial score (nSPS) is 18.4. The topological polar surface area (TPSA) is 22.9 Å². The fraction of sp³-hybridized carbons (Fsp3) is 0.304. The number of para-hydroxylation sites is 3. The number of anilines is 9. The second-order valence-electron chi connectivity index (χ2n) is 25.7. The maximum atomic E-state index is 9.36. The van der Waals surface area contributed by atoms with Gasteiger partial charge in [-0.05, 0) is 188 Å². The molecule has 0 saturated heterocycles. The summed E-state index contributed by atoms with van der Waals surface area (Å²) < 4.78 is 35.2. The number of fused-ring (bicyclic) bond motifs is 9. The van der Waals surface area contributed by atoms with Gasteiger partial charge in [0, 0.05) is 60.4 Å². The van der Waals surface area contributed by atoms with Crippen LogP contribution in [0.3, 0.4) is 0 Å². The summed E-state index contributed by atoms with van der Waals surface area (Å²) in [6.07, 6.45) is 4.36. The van der Waals surface area contributed by atoms with Crippen LogP contribution in [-0.4, -0.2) is 6.71 Å². The Morgan fingerprint density at radius 2 is 1.07 bits per heavy atom. The minimum Gasteiger partial charge on any atom is -0.454 e. The van der Waals surface area contributed by atoms with Crippen molar-refractivity contribution in [3.8, 4) is 0 Å². The first-order chi connectivity index (χ1) is 36.4. The first-order valence-corrected chi connectivity index (χ1v) is 27.0. The van der Waals surface area contributed by atoms with Crippen molar-refractivity contribution in [3.63, 3.8) is 0 Å². The first-order valence-electron chi connectivity index (χ1n) is 28.5.